The summed E-state index contributed by atoms with van der Waals surface area (Å²) in [4.78, 5) is 5.43. The molecule has 316 valence electrons. The van der Waals surface area contributed by atoms with Crippen LogP contribution in [-0.2, 0) is 23.6 Å². The minimum Gasteiger partial charge on any atom is -0.292 e. The van der Waals surface area contributed by atoms with Crippen molar-refractivity contribution in [2.45, 2.75) is 0 Å². The van der Waals surface area contributed by atoms with E-state index in [2.05, 4.69) is 247 Å². The van der Waals surface area contributed by atoms with Gasteiger partial charge in [0, 0.05) is 28.2 Å². The summed E-state index contributed by atoms with van der Waals surface area (Å²) in [6.07, 6.45) is 0. The van der Waals surface area contributed by atoms with Gasteiger partial charge in [0.1, 0.15) is 5.65 Å². The lowest BCUT2D eigenvalue weighted by molar-refractivity contribution is 1.32. The summed E-state index contributed by atoms with van der Waals surface area (Å²) in [5.74, 6) is 0. The Hall–Kier alpha value is -7.03. The predicted octanol–water partition coefficient (Wildman–Crippen LogP) is 13.4. The van der Waals surface area contributed by atoms with Gasteiger partial charge in [-0.25, -0.2) is 4.98 Å². The maximum absolute atomic E-state index is 6.88. The van der Waals surface area contributed by atoms with Crippen molar-refractivity contribution in [3.8, 4) is 11.1 Å². The highest BCUT2D eigenvalue weighted by Gasteiger charge is 2.27. The quantitative estimate of drug-likeness (QED) is 0.117. The maximum Gasteiger partial charge on any atom is 0.146 e. The van der Waals surface area contributed by atoms with Crippen molar-refractivity contribution in [3.05, 3.63) is 243 Å². The average molecular weight is 927 g/mol. The molecule has 0 atom stereocenters. The van der Waals surface area contributed by atoms with E-state index < -0.39 is 12.1 Å². The van der Waals surface area contributed by atoms with Crippen LogP contribution in [0.2, 0.25) is 0 Å². The Kier molecular flexibility index (Phi) is 9.50. The molecule has 0 aliphatic carbocycles. The Bertz CT molecular complexity index is 4120. The molecule has 0 unspecified atom stereocenters. The van der Waals surface area contributed by atoms with Crippen LogP contribution < -0.4 is 31.8 Å². The van der Waals surface area contributed by atoms with Gasteiger partial charge in [0.05, 0.1) is 16.6 Å². The first kappa shape index (κ1) is 40.3. The topological polar surface area (TPSA) is 17.3 Å². The molecule has 0 radical (unpaired) electrons. The van der Waals surface area contributed by atoms with Crippen LogP contribution >= 0.6 is 12.1 Å². The Labute approximate surface area is 398 Å². The third kappa shape index (κ3) is 6.32. The van der Waals surface area contributed by atoms with Crippen molar-refractivity contribution in [1.29, 1.82) is 0 Å². The van der Waals surface area contributed by atoms with Crippen molar-refractivity contribution in [2.24, 2.45) is 0 Å². The van der Waals surface area contributed by atoms with Crippen LogP contribution in [0.15, 0.2) is 243 Å². The van der Waals surface area contributed by atoms with Crippen molar-refractivity contribution in [1.82, 2.24) is 9.38 Å². The summed E-state index contributed by atoms with van der Waals surface area (Å²) in [6, 6.07) is 83.2. The molecule has 2 aromatic heterocycles. The van der Waals surface area contributed by atoms with Gasteiger partial charge < -0.3 is 0 Å². The zero-order valence-electron chi connectivity index (χ0n) is 36.2. The molecule has 0 fully saturated rings. The number of nitrogens with zero attached hydrogens (tertiary/aromatic N) is 2. The molecule has 0 aliphatic heterocycles. The number of fused-ring (bicyclic) bond motifs is 13. The smallest absolute Gasteiger partial charge is 0.146 e. The second kappa shape index (κ2) is 15.8. The third-order valence-electron chi connectivity index (χ3n) is 13.7. The number of benzene rings is 11. The molecule has 13 rings (SSSR count). The molecule has 0 N–H and O–H groups in total. The fraction of sp³-hybridized carbons (Fsp3) is 0. The molecule has 0 bridgehead atoms. The average Bonchev–Trinajstić information content (AvgIpc) is 3.80. The predicted molar refractivity (Wildman–Crippen MR) is 298 cm³/mol. The Morgan fingerprint density at radius 3 is 1.39 bits per heavy atom. The summed E-state index contributed by atoms with van der Waals surface area (Å²) in [5.41, 5.74) is 6.37. The highest BCUT2D eigenvalue weighted by Crippen LogP contribution is 2.46. The molecule has 13 aromatic rings. The minimum atomic E-state index is -2.43. The van der Waals surface area contributed by atoms with Crippen LogP contribution in [0.5, 0.6) is 0 Å². The van der Waals surface area contributed by atoms with E-state index in [1.165, 1.54) is 69.6 Å². The van der Waals surface area contributed by atoms with Crippen molar-refractivity contribution in [2.75, 3.05) is 0 Å². The highest BCUT2D eigenvalue weighted by molar-refractivity contribution is 8.26. The van der Waals surface area contributed by atoms with Crippen LogP contribution in [0.3, 0.4) is 0 Å². The third-order valence-corrected chi connectivity index (χ3v) is 23.6. The first-order valence-electron chi connectivity index (χ1n) is 22.6. The molecule has 11 aromatic carbocycles. The van der Waals surface area contributed by atoms with Crippen molar-refractivity contribution in [3.63, 3.8) is 0 Å². The first-order valence-corrected chi connectivity index (χ1v) is 28.2. The number of hydrogen-bond acceptors (Lipinski definition) is 3. The molecule has 0 saturated heterocycles. The van der Waals surface area contributed by atoms with Crippen LogP contribution in [0.1, 0.15) is 0 Å². The van der Waals surface area contributed by atoms with Gasteiger partial charge in [-0.1, -0.05) is 230 Å². The molecule has 0 aliphatic rings. The van der Waals surface area contributed by atoms with Gasteiger partial charge >= 0.3 is 0 Å². The monoisotopic (exact) mass is 926 g/mol. The molecule has 0 saturated carbocycles. The number of rotatable bonds is 7. The number of pyridine rings is 1. The van der Waals surface area contributed by atoms with E-state index in [0.29, 0.717) is 0 Å². The Morgan fingerprint density at radius 1 is 0.313 bits per heavy atom. The highest BCUT2D eigenvalue weighted by atomic mass is 32.4. The molecule has 2 heterocycles. The molecular formula is C61H40N2P2S2. The second-order valence-corrected chi connectivity index (χ2v) is 26.2. The molecular weight excluding hydrogens is 887 g/mol. The summed E-state index contributed by atoms with van der Waals surface area (Å²) < 4.78 is 2.39. The SMILES string of the molecule is S=P(c1ccccc1)(c1ccccc1)c1ccc2c(ccc3cc(-c4ccc5c6c7ccccc7ccc6c6nc7ccc(P(=S)(c8ccccc8)c8ccccc8)cc7n6c5c4)ccc32)c1. The standard InChI is InChI=1S/C61H40N2P2S2/c66-64(46-16-5-1-6-17-46,47-18-7-2-8-19-47)50-30-35-53-45(38-50)26-25-44-37-42(28-32-52(44)53)43-29-33-55-58(39-43)63-59-40-51(65(67,48-20-9-3-10-21-48)49-22-11-4-12-23-49)31-36-57(59)62-61(63)56-34-27-41-15-13-14-24-54(41)60(55)56/h1-40H. The Morgan fingerprint density at radius 2 is 0.776 bits per heavy atom. The maximum atomic E-state index is 6.88. The van der Waals surface area contributed by atoms with Crippen LogP contribution in [0.4, 0.5) is 0 Å². The molecule has 0 spiro atoms. The van der Waals surface area contributed by atoms with Gasteiger partial charge in [-0.15, -0.1) is 0 Å². The van der Waals surface area contributed by atoms with Gasteiger partial charge in [-0.3, -0.25) is 4.40 Å². The number of imidazole rings is 1. The van der Waals surface area contributed by atoms with Gasteiger partial charge in [-0.05, 0) is 112 Å². The van der Waals surface area contributed by atoms with Gasteiger partial charge in [-0.2, -0.15) is 0 Å². The fourth-order valence-electron chi connectivity index (χ4n) is 10.4. The van der Waals surface area contributed by atoms with E-state index in [9.17, 15) is 0 Å². The summed E-state index contributed by atoms with van der Waals surface area (Å²) in [7, 11) is 0. The van der Waals surface area contributed by atoms with E-state index in [1.807, 2.05) is 0 Å². The lowest BCUT2D eigenvalue weighted by atomic mass is 9.95. The number of aromatic nitrogens is 2. The van der Waals surface area contributed by atoms with Gasteiger partial charge in [0.15, 0.2) is 0 Å². The first-order chi connectivity index (χ1) is 33.0. The van der Waals surface area contributed by atoms with Gasteiger partial charge in [0.25, 0.3) is 0 Å². The zero-order valence-corrected chi connectivity index (χ0v) is 39.6. The van der Waals surface area contributed by atoms with Gasteiger partial charge in [0.2, 0.25) is 0 Å². The van der Waals surface area contributed by atoms with Crippen molar-refractivity contribution < 1.29 is 0 Å². The van der Waals surface area contributed by atoms with E-state index in [4.69, 9.17) is 28.6 Å². The van der Waals surface area contributed by atoms with E-state index >= 15 is 0 Å². The van der Waals surface area contributed by atoms with E-state index in [-0.39, 0.29) is 0 Å². The summed E-state index contributed by atoms with van der Waals surface area (Å²) in [5, 5.41) is 17.9. The normalized spacial score (nSPS) is 12.3. The molecule has 67 heavy (non-hydrogen) atoms. The summed E-state index contributed by atoms with van der Waals surface area (Å²) >= 11 is 13.6. The Balaban J connectivity index is 1.00. The molecule has 0 amide bonds. The van der Waals surface area contributed by atoms with Crippen LogP contribution in [0, 0.1) is 0 Å². The largest absolute Gasteiger partial charge is 0.292 e. The zero-order chi connectivity index (χ0) is 44.7. The van der Waals surface area contributed by atoms with Crippen LogP contribution in [0.25, 0.3) is 81.8 Å². The van der Waals surface area contributed by atoms with E-state index in [1.54, 1.807) is 0 Å². The minimum absolute atomic E-state index is 0.944. The fourth-order valence-corrected chi connectivity index (χ4v) is 17.9. The lowest BCUT2D eigenvalue weighted by Crippen LogP contribution is -2.24. The molecule has 2 nitrogen and oxygen atoms in total. The van der Waals surface area contributed by atoms with Crippen LogP contribution in [-0.4, -0.2) is 9.38 Å². The molecule has 6 heteroatoms. The van der Waals surface area contributed by atoms with E-state index in [0.717, 1.165) is 44.0 Å². The summed E-state index contributed by atoms with van der Waals surface area (Å²) in [6.45, 7) is 0. The van der Waals surface area contributed by atoms with Crippen molar-refractivity contribution >= 4 is 138 Å². The number of hydrogen-bond donors (Lipinski definition) is 0. The second-order valence-electron chi connectivity index (χ2n) is 17.4. The lowest BCUT2D eigenvalue weighted by Gasteiger charge is -2.24.